The summed E-state index contributed by atoms with van der Waals surface area (Å²) < 4.78 is 0. The largest absolute Gasteiger partial charge is 0.384 e. The van der Waals surface area contributed by atoms with Crippen molar-refractivity contribution in [3.8, 4) is 0 Å². The van der Waals surface area contributed by atoms with E-state index in [4.69, 9.17) is 0 Å². The summed E-state index contributed by atoms with van der Waals surface area (Å²) in [6, 6.07) is 0. The maximum atomic E-state index is 12.8. The summed E-state index contributed by atoms with van der Waals surface area (Å²) in [6.45, 7) is 39.1. The highest BCUT2D eigenvalue weighted by molar-refractivity contribution is 5.89. The van der Waals surface area contributed by atoms with Gasteiger partial charge >= 0.3 is 0 Å². The molecule has 0 saturated heterocycles. The average Bonchev–Trinajstić information content (AvgIpc) is 2.86. The lowest BCUT2D eigenvalue weighted by Crippen LogP contribution is -2.47. The number of allylic oxidation sites excluding steroid dienone is 1. The summed E-state index contributed by atoms with van der Waals surface area (Å²) in [5, 5.41) is 8.50. The number of amides is 1. The Balaban J connectivity index is 0. The highest BCUT2D eigenvalue weighted by atomic mass is 16.2. The third kappa shape index (κ3) is 16.5. The Labute approximate surface area is 273 Å². The van der Waals surface area contributed by atoms with Crippen LogP contribution < -0.4 is 16.1 Å². The number of ketones is 2. The average molecular weight is 623 g/mol. The first-order chi connectivity index (χ1) is 19.7. The number of carbonyl (C=O) groups excluding carboxylic acids is 3. The Kier molecular flexibility index (Phi) is 18.6. The zero-order valence-corrected chi connectivity index (χ0v) is 32.2. The molecule has 0 aromatic carbocycles. The molecule has 0 aliphatic carbocycles. The van der Waals surface area contributed by atoms with Crippen LogP contribution in [0.4, 0.5) is 0 Å². The second kappa shape index (κ2) is 18.4. The molecule has 1 unspecified atom stereocenters. The normalized spacial score (nSPS) is 13.7. The molecule has 3 N–H and O–H groups in total. The first kappa shape index (κ1) is 44.4. The third-order valence-electron chi connectivity index (χ3n) is 9.00. The van der Waals surface area contributed by atoms with E-state index >= 15 is 0 Å². The molecular weight excluding hydrogens is 548 g/mol. The van der Waals surface area contributed by atoms with Crippen LogP contribution in [0.3, 0.4) is 0 Å². The Morgan fingerprint density at radius 2 is 1.34 bits per heavy atom. The van der Waals surface area contributed by atoms with Crippen LogP contribution in [-0.2, 0) is 14.4 Å². The molecule has 0 aliphatic rings. The van der Waals surface area contributed by atoms with E-state index in [2.05, 4.69) is 96.9 Å². The summed E-state index contributed by atoms with van der Waals surface area (Å²) in [4.78, 5) is 37.4. The zero-order valence-electron chi connectivity index (χ0n) is 32.2. The second-order valence-electron chi connectivity index (χ2n) is 16.7. The van der Waals surface area contributed by atoms with E-state index in [1.807, 2.05) is 48.6 Å². The van der Waals surface area contributed by atoms with Gasteiger partial charge in [0.1, 0.15) is 11.6 Å². The number of hydrazine groups is 1. The quantitative estimate of drug-likeness (QED) is 0.0943. The van der Waals surface area contributed by atoms with Crippen molar-refractivity contribution in [2.24, 2.45) is 33.5 Å². The molecule has 260 valence electrons. The monoisotopic (exact) mass is 623 g/mol. The minimum atomic E-state index is -0.536. The van der Waals surface area contributed by atoms with Crippen LogP contribution in [0, 0.1) is 33.5 Å². The van der Waals surface area contributed by atoms with Crippen LogP contribution in [0.25, 0.3) is 0 Å². The highest BCUT2D eigenvalue weighted by Gasteiger charge is 2.43. The van der Waals surface area contributed by atoms with Crippen LogP contribution in [0.1, 0.15) is 143 Å². The number of nitrogens with one attached hydrogen (secondary N) is 3. The van der Waals surface area contributed by atoms with Gasteiger partial charge in [-0.2, -0.15) is 0 Å². The summed E-state index contributed by atoms with van der Waals surface area (Å²) in [5.74, 6) is 1.51. The Morgan fingerprint density at radius 3 is 1.77 bits per heavy atom. The molecule has 0 bridgehead atoms. The van der Waals surface area contributed by atoms with Crippen LogP contribution in [-0.4, -0.2) is 54.7 Å². The molecule has 7 heteroatoms. The summed E-state index contributed by atoms with van der Waals surface area (Å²) >= 11 is 0. The van der Waals surface area contributed by atoms with Gasteiger partial charge in [0.05, 0.1) is 0 Å². The van der Waals surface area contributed by atoms with Gasteiger partial charge in [0.25, 0.3) is 0 Å². The van der Waals surface area contributed by atoms with E-state index < -0.39 is 10.8 Å². The predicted octanol–water partition coefficient (Wildman–Crippen LogP) is 7.95. The fourth-order valence-corrected chi connectivity index (χ4v) is 6.12. The molecule has 0 aromatic heterocycles. The molecule has 1 atom stereocenters. The first-order valence-electron chi connectivity index (χ1n) is 16.9. The van der Waals surface area contributed by atoms with Gasteiger partial charge in [-0.25, -0.2) is 5.01 Å². The van der Waals surface area contributed by atoms with Crippen molar-refractivity contribution in [1.82, 2.24) is 21.1 Å². The number of rotatable bonds is 20. The second-order valence-corrected chi connectivity index (χ2v) is 16.7. The molecular formula is C37H74N4O3. The van der Waals surface area contributed by atoms with Gasteiger partial charge in [-0.1, -0.05) is 96.6 Å². The SMILES string of the molecule is C=C(C)NC(C)(C)CC(C)(C)C(=O)C(C)(C)C(C)C.CCC(=O)C(C)(C)CC(C)(C)C(=O)NCCCC(C)CNN(C)CC. The molecule has 0 aliphatic heterocycles. The lowest BCUT2D eigenvalue weighted by molar-refractivity contribution is -0.139. The van der Waals surface area contributed by atoms with E-state index in [1.165, 1.54) is 0 Å². The molecule has 0 saturated carbocycles. The maximum Gasteiger partial charge on any atom is 0.225 e. The van der Waals surface area contributed by atoms with Crippen LogP contribution in [0.2, 0.25) is 0 Å². The zero-order chi connectivity index (χ0) is 35.3. The lowest BCUT2D eigenvalue weighted by atomic mass is 9.65. The predicted molar refractivity (Wildman–Crippen MR) is 189 cm³/mol. The number of hydrogen-bond acceptors (Lipinski definition) is 6. The Morgan fingerprint density at radius 1 is 0.818 bits per heavy atom. The van der Waals surface area contributed by atoms with E-state index in [0.717, 1.165) is 38.0 Å². The minimum absolute atomic E-state index is 0.0426. The van der Waals surface area contributed by atoms with Crippen LogP contribution in [0.15, 0.2) is 12.3 Å². The molecule has 0 spiro atoms. The van der Waals surface area contributed by atoms with Crippen molar-refractivity contribution >= 4 is 17.5 Å². The molecule has 0 radical (unpaired) electrons. The molecule has 1 amide bonds. The molecule has 44 heavy (non-hydrogen) atoms. The number of hydrogen-bond donors (Lipinski definition) is 3. The van der Waals surface area contributed by atoms with Gasteiger partial charge < -0.3 is 10.6 Å². The van der Waals surface area contributed by atoms with Crippen molar-refractivity contribution < 1.29 is 14.4 Å². The number of Topliss-reactive ketones (excluding diaryl/α,β-unsaturated/α-hetero) is 2. The van der Waals surface area contributed by atoms with Crippen molar-refractivity contribution in [3.05, 3.63) is 12.3 Å². The van der Waals surface area contributed by atoms with Crippen molar-refractivity contribution in [3.63, 3.8) is 0 Å². The summed E-state index contributed by atoms with van der Waals surface area (Å²) in [7, 11) is 2.04. The lowest BCUT2D eigenvalue weighted by Gasteiger charge is -2.41. The van der Waals surface area contributed by atoms with Crippen LogP contribution in [0.5, 0.6) is 0 Å². The highest BCUT2D eigenvalue weighted by Crippen LogP contribution is 2.40. The number of carbonyl (C=O) groups is 3. The van der Waals surface area contributed by atoms with Gasteiger partial charge in [0.15, 0.2) is 0 Å². The number of nitrogens with zero attached hydrogens (tertiary/aromatic N) is 1. The molecule has 0 heterocycles. The Bertz CT molecular complexity index is 916. The van der Waals surface area contributed by atoms with E-state index in [1.54, 1.807) is 0 Å². The molecule has 0 fully saturated rings. The van der Waals surface area contributed by atoms with Gasteiger partial charge in [-0.3, -0.25) is 19.8 Å². The van der Waals surface area contributed by atoms with Gasteiger partial charge in [0, 0.05) is 66.0 Å². The first-order valence-corrected chi connectivity index (χ1v) is 16.9. The van der Waals surface area contributed by atoms with Gasteiger partial charge in [-0.15, -0.1) is 0 Å². The Hall–Kier alpha value is -1.73. The van der Waals surface area contributed by atoms with E-state index in [9.17, 15) is 14.4 Å². The van der Waals surface area contributed by atoms with E-state index in [0.29, 0.717) is 37.0 Å². The van der Waals surface area contributed by atoms with Crippen molar-refractivity contribution in [2.45, 2.75) is 148 Å². The van der Waals surface area contributed by atoms with Crippen LogP contribution >= 0.6 is 0 Å². The standard InChI is InChI=1S/C20H41N3O2.C17H33NO/c1-9-17(24)19(4,5)15-20(6,7)18(25)21-13-11-12-16(3)14-22-23(8)10-2;1-12(2)17(9,10)14(19)15(5,6)11-16(7,8)18-13(3)4/h16,22H,9-15H2,1-8H3,(H,21,25);12,18H,3,11H2,1-2,4-10H3. The van der Waals surface area contributed by atoms with Crippen molar-refractivity contribution in [2.75, 3.05) is 26.7 Å². The fraction of sp³-hybridized carbons (Fsp3) is 0.865. The molecule has 0 aromatic rings. The maximum absolute atomic E-state index is 12.8. The van der Waals surface area contributed by atoms with E-state index in [-0.39, 0.29) is 28.1 Å². The van der Waals surface area contributed by atoms with Gasteiger partial charge in [-0.05, 0) is 58.3 Å². The summed E-state index contributed by atoms with van der Waals surface area (Å²) in [5.41, 5.74) is 2.55. The van der Waals surface area contributed by atoms with Crippen molar-refractivity contribution in [1.29, 1.82) is 0 Å². The summed E-state index contributed by atoms with van der Waals surface area (Å²) in [6.07, 6.45) is 3.93. The smallest absolute Gasteiger partial charge is 0.225 e. The topological polar surface area (TPSA) is 90.5 Å². The fourth-order valence-electron chi connectivity index (χ4n) is 6.12. The van der Waals surface area contributed by atoms with Gasteiger partial charge in [0.2, 0.25) is 5.91 Å². The molecule has 7 nitrogen and oxygen atoms in total. The minimum Gasteiger partial charge on any atom is -0.384 e. The third-order valence-corrected chi connectivity index (χ3v) is 9.00. The molecule has 0 rings (SSSR count).